The third-order valence-corrected chi connectivity index (χ3v) is 9.99. The van der Waals surface area contributed by atoms with Gasteiger partial charge in [-0.25, -0.2) is 4.39 Å². The van der Waals surface area contributed by atoms with Crippen molar-refractivity contribution in [3.63, 3.8) is 0 Å². The topological polar surface area (TPSA) is 35.6 Å². The molecule has 1 N–H and O–H groups in total. The number of piperazine rings is 1. The lowest BCUT2D eigenvalue weighted by Gasteiger charge is -2.46. The normalized spacial score (nSPS) is 34.2. The number of nitrogens with zero attached hydrogens (tertiary/aromatic N) is 2. The van der Waals surface area contributed by atoms with Gasteiger partial charge in [0.2, 0.25) is 5.91 Å². The van der Waals surface area contributed by atoms with Crippen LogP contribution in [0.1, 0.15) is 70.6 Å². The van der Waals surface area contributed by atoms with Crippen LogP contribution in [0.15, 0.2) is 0 Å². The smallest absolute Gasteiger partial charge is 0.354 e. The van der Waals surface area contributed by atoms with Crippen LogP contribution in [-0.2, 0) is 4.79 Å². The van der Waals surface area contributed by atoms with Crippen LogP contribution in [0, 0.1) is 29.6 Å². The van der Waals surface area contributed by atoms with Crippen molar-refractivity contribution < 1.29 is 48.7 Å². The van der Waals surface area contributed by atoms with Crippen LogP contribution < -0.4 is 5.32 Å². The Morgan fingerprint density at radius 2 is 1.21 bits per heavy atom. The van der Waals surface area contributed by atoms with Crippen LogP contribution in [0.3, 0.4) is 0 Å². The maximum Gasteiger partial charge on any atom is 0.391 e. The second-order valence-corrected chi connectivity index (χ2v) is 12.9. The summed E-state index contributed by atoms with van der Waals surface area (Å²) in [7, 11) is 0. The van der Waals surface area contributed by atoms with Crippen molar-refractivity contribution in [2.45, 2.75) is 107 Å². The van der Waals surface area contributed by atoms with E-state index in [2.05, 4.69) is 10.2 Å². The minimum atomic E-state index is -4.82. The van der Waals surface area contributed by atoms with E-state index >= 15 is 0 Å². The summed E-state index contributed by atoms with van der Waals surface area (Å²) in [5, 5.41) is 2.50. The van der Waals surface area contributed by atoms with Crippen molar-refractivity contribution in [1.29, 1.82) is 0 Å². The van der Waals surface area contributed by atoms with Gasteiger partial charge >= 0.3 is 18.5 Å². The van der Waals surface area contributed by atoms with Gasteiger partial charge in [-0.05, 0) is 63.2 Å². The molecule has 0 spiro atoms. The molecule has 0 bridgehead atoms. The van der Waals surface area contributed by atoms with Crippen LogP contribution in [0.5, 0.6) is 0 Å². The zero-order valence-electron chi connectivity index (χ0n) is 23.5. The average molecular weight is 626 g/mol. The summed E-state index contributed by atoms with van der Waals surface area (Å²) in [5.41, 5.74) is 0. The third kappa shape index (κ3) is 8.65. The van der Waals surface area contributed by atoms with Crippen LogP contribution in [0.4, 0.5) is 43.9 Å². The Bertz CT molecular complexity index is 859. The molecule has 0 aromatic carbocycles. The Morgan fingerprint density at radius 3 is 1.74 bits per heavy atom. The fourth-order valence-corrected chi connectivity index (χ4v) is 7.81. The Kier molecular flexibility index (Phi) is 10.7. The van der Waals surface area contributed by atoms with Gasteiger partial charge in [-0.2, -0.15) is 39.5 Å². The minimum Gasteiger partial charge on any atom is -0.354 e. The summed E-state index contributed by atoms with van der Waals surface area (Å²) < 4.78 is 136. The molecule has 3 saturated carbocycles. The van der Waals surface area contributed by atoms with Gasteiger partial charge in [0, 0.05) is 38.8 Å². The lowest BCUT2D eigenvalue weighted by Crippen LogP contribution is -2.60. The monoisotopic (exact) mass is 625 g/mol. The first kappa shape index (κ1) is 33.6. The van der Waals surface area contributed by atoms with E-state index in [0.29, 0.717) is 32.2 Å². The van der Waals surface area contributed by atoms with E-state index in [1.807, 2.05) is 0 Å². The molecule has 4 rings (SSSR count). The summed E-state index contributed by atoms with van der Waals surface area (Å²) in [6, 6.07) is -0.760. The summed E-state index contributed by atoms with van der Waals surface area (Å²) in [5.74, 6) is -9.10. The molecular weight excluding hydrogens is 584 g/mol. The molecule has 1 heterocycles. The van der Waals surface area contributed by atoms with Crippen LogP contribution in [0.25, 0.3) is 0 Å². The Balaban J connectivity index is 1.47. The highest BCUT2D eigenvalue weighted by atomic mass is 19.4. The number of hydrogen-bond donors (Lipinski definition) is 1. The Labute approximate surface area is 239 Å². The van der Waals surface area contributed by atoms with Gasteiger partial charge in [-0.3, -0.25) is 14.6 Å². The number of alkyl halides is 10. The molecule has 4 aliphatic rings. The molecule has 3 aliphatic carbocycles. The van der Waals surface area contributed by atoms with E-state index in [-0.39, 0.29) is 6.42 Å². The Hall–Kier alpha value is -1.31. The molecule has 0 aromatic heterocycles. The molecule has 4 nitrogen and oxygen atoms in total. The lowest BCUT2D eigenvalue weighted by atomic mass is 9.74. The van der Waals surface area contributed by atoms with Crippen LogP contribution in [-0.4, -0.2) is 85.2 Å². The molecule has 4 fully saturated rings. The summed E-state index contributed by atoms with van der Waals surface area (Å²) in [6.07, 6.45) is -14.2. The van der Waals surface area contributed by atoms with Gasteiger partial charge in [-0.1, -0.05) is 19.3 Å². The molecule has 42 heavy (non-hydrogen) atoms. The molecule has 0 radical (unpaired) electrons. The standard InChI is InChI=1S/C28H41F10N3O/c29-22-13-18(12-21(15-22)28(36,37)38)24(41-8-6-40(7-9-41)23-4-2-1-3-5-23)25(42)39-16-17-10-19(26(30,31)32)14-20(11-17)27(33,34)35/h17-24H,1-16H2,(H,39,42). The number of carbonyl (C=O) groups excluding carboxylic acids is 1. The highest BCUT2D eigenvalue weighted by Gasteiger charge is 2.52. The van der Waals surface area contributed by atoms with Crippen molar-refractivity contribution in [3.05, 3.63) is 0 Å². The van der Waals surface area contributed by atoms with E-state index in [1.54, 1.807) is 4.90 Å². The van der Waals surface area contributed by atoms with Gasteiger partial charge in [0.25, 0.3) is 0 Å². The predicted molar refractivity (Wildman–Crippen MR) is 135 cm³/mol. The summed E-state index contributed by atoms with van der Waals surface area (Å²) in [6.45, 7) is 1.41. The largest absolute Gasteiger partial charge is 0.391 e. The van der Waals surface area contributed by atoms with Crippen LogP contribution in [0.2, 0.25) is 0 Å². The minimum absolute atomic E-state index is 0.261. The SMILES string of the molecule is O=C(NCC1CC(C(F)(F)F)CC(C(F)(F)F)C1)C(C1CC(F)CC(C(F)(F)F)C1)N1CCN(C2CCCCC2)CC1. The lowest BCUT2D eigenvalue weighted by molar-refractivity contribution is -0.228. The number of nitrogens with one attached hydrogen (secondary N) is 1. The van der Waals surface area contributed by atoms with Crippen molar-refractivity contribution in [3.8, 4) is 0 Å². The van der Waals surface area contributed by atoms with Gasteiger partial charge in [0.05, 0.1) is 23.8 Å². The van der Waals surface area contributed by atoms with E-state index < -0.39 is 105 Å². The molecule has 244 valence electrons. The zero-order chi connectivity index (χ0) is 30.9. The number of amides is 1. The van der Waals surface area contributed by atoms with Crippen molar-refractivity contribution >= 4 is 5.91 Å². The van der Waals surface area contributed by atoms with Crippen LogP contribution >= 0.6 is 0 Å². The Morgan fingerprint density at radius 1 is 0.690 bits per heavy atom. The third-order valence-electron chi connectivity index (χ3n) is 9.99. The first-order chi connectivity index (χ1) is 19.5. The molecule has 6 unspecified atom stereocenters. The summed E-state index contributed by atoms with van der Waals surface area (Å²) >= 11 is 0. The molecule has 0 aromatic rings. The van der Waals surface area contributed by atoms with E-state index in [1.165, 1.54) is 6.42 Å². The zero-order valence-corrected chi connectivity index (χ0v) is 23.5. The average Bonchev–Trinajstić information content (AvgIpc) is 2.91. The highest BCUT2D eigenvalue weighted by Crippen LogP contribution is 2.48. The maximum absolute atomic E-state index is 14.6. The first-order valence-electron chi connectivity index (χ1n) is 15.1. The van der Waals surface area contributed by atoms with Gasteiger partial charge in [0.15, 0.2) is 0 Å². The molecule has 6 atom stereocenters. The molecule has 1 aliphatic heterocycles. The van der Waals surface area contributed by atoms with E-state index in [4.69, 9.17) is 0 Å². The molecule has 14 heteroatoms. The predicted octanol–water partition coefficient (Wildman–Crippen LogP) is 6.90. The first-order valence-corrected chi connectivity index (χ1v) is 15.1. The summed E-state index contributed by atoms with van der Waals surface area (Å²) in [4.78, 5) is 17.6. The maximum atomic E-state index is 14.6. The van der Waals surface area contributed by atoms with Crippen molar-refractivity contribution in [2.75, 3.05) is 32.7 Å². The van der Waals surface area contributed by atoms with Crippen molar-refractivity contribution in [1.82, 2.24) is 15.1 Å². The van der Waals surface area contributed by atoms with Gasteiger partial charge in [0.1, 0.15) is 6.17 Å². The number of halogens is 10. The fraction of sp³-hybridized carbons (Fsp3) is 0.964. The van der Waals surface area contributed by atoms with Crippen molar-refractivity contribution in [2.24, 2.45) is 29.6 Å². The molecule has 1 saturated heterocycles. The number of hydrogen-bond acceptors (Lipinski definition) is 3. The second-order valence-electron chi connectivity index (χ2n) is 12.9. The number of rotatable bonds is 6. The highest BCUT2D eigenvalue weighted by molar-refractivity contribution is 5.82. The van der Waals surface area contributed by atoms with Gasteiger partial charge < -0.3 is 5.32 Å². The van der Waals surface area contributed by atoms with Gasteiger partial charge in [-0.15, -0.1) is 0 Å². The fourth-order valence-electron chi connectivity index (χ4n) is 7.81. The van der Waals surface area contributed by atoms with E-state index in [9.17, 15) is 48.7 Å². The van der Waals surface area contributed by atoms with E-state index in [0.717, 1.165) is 25.7 Å². The quantitative estimate of drug-likeness (QED) is 0.327. The molecule has 1 amide bonds. The number of carbonyl (C=O) groups is 1. The molecular formula is C28H41F10N3O. The second kappa shape index (κ2) is 13.4.